The minimum Gasteiger partial charge on any atom is -0.342 e. The van der Waals surface area contributed by atoms with Crippen LogP contribution in [0, 0.1) is 5.92 Å². The van der Waals surface area contributed by atoms with Crippen molar-refractivity contribution in [2.45, 2.75) is 45.6 Å². The maximum atomic E-state index is 12.6. The zero-order chi connectivity index (χ0) is 16.8. The lowest BCUT2D eigenvalue weighted by Crippen LogP contribution is -2.53. The van der Waals surface area contributed by atoms with E-state index in [9.17, 15) is 9.59 Å². The Morgan fingerprint density at radius 2 is 1.64 bits per heavy atom. The van der Waals surface area contributed by atoms with Crippen LogP contribution in [0.4, 0.5) is 0 Å². The summed E-state index contributed by atoms with van der Waals surface area (Å²) in [7, 11) is 0. The lowest BCUT2D eigenvalue weighted by molar-refractivity contribution is -0.139. The zero-order valence-corrected chi connectivity index (χ0v) is 17.1. The fourth-order valence-corrected chi connectivity index (χ4v) is 3.70. The fraction of sp³-hybridized carbons (Fsp3) is 0.882. The summed E-state index contributed by atoms with van der Waals surface area (Å²) in [6.45, 7) is 9.05. The quantitative estimate of drug-likeness (QED) is 0.761. The van der Waals surface area contributed by atoms with Crippen molar-refractivity contribution in [3.8, 4) is 0 Å². The minimum absolute atomic E-state index is 0. The van der Waals surface area contributed by atoms with Gasteiger partial charge in [0.05, 0.1) is 6.54 Å². The van der Waals surface area contributed by atoms with Crippen LogP contribution in [0.2, 0.25) is 0 Å². The van der Waals surface area contributed by atoms with Gasteiger partial charge in [-0.15, -0.1) is 24.8 Å². The van der Waals surface area contributed by atoms with E-state index in [-0.39, 0.29) is 48.6 Å². The number of carbonyl (C=O) groups excluding carboxylic acids is 2. The minimum atomic E-state index is 0. The Labute approximate surface area is 164 Å². The van der Waals surface area contributed by atoms with Crippen molar-refractivity contribution in [3.05, 3.63) is 0 Å². The summed E-state index contributed by atoms with van der Waals surface area (Å²) in [5.41, 5.74) is 6.00. The first-order chi connectivity index (χ1) is 11.0. The third-order valence-corrected chi connectivity index (χ3v) is 5.22. The largest absolute Gasteiger partial charge is 0.342 e. The van der Waals surface area contributed by atoms with E-state index < -0.39 is 0 Å². The third kappa shape index (κ3) is 6.93. The van der Waals surface area contributed by atoms with Crippen LogP contribution in [0.25, 0.3) is 0 Å². The average molecular weight is 397 g/mol. The maximum Gasteiger partial charge on any atom is 0.236 e. The molecular formula is C17H34Cl2N4O2. The number of carbonyl (C=O) groups is 2. The van der Waals surface area contributed by atoms with Crippen LogP contribution in [0.5, 0.6) is 0 Å². The summed E-state index contributed by atoms with van der Waals surface area (Å²) in [4.78, 5) is 30.8. The van der Waals surface area contributed by atoms with Gasteiger partial charge < -0.3 is 15.5 Å². The molecule has 0 spiro atoms. The Balaban J connectivity index is 0.00000288. The number of nitrogens with zero attached hydrogens (tertiary/aromatic N) is 3. The molecule has 0 radical (unpaired) electrons. The van der Waals surface area contributed by atoms with Crippen LogP contribution in [-0.4, -0.2) is 78.4 Å². The number of halogens is 2. The highest BCUT2D eigenvalue weighted by molar-refractivity contribution is 5.85. The van der Waals surface area contributed by atoms with E-state index in [1.54, 1.807) is 0 Å². The van der Waals surface area contributed by atoms with Crippen LogP contribution in [-0.2, 0) is 9.59 Å². The van der Waals surface area contributed by atoms with Gasteiger partial charge in [0.15, 0.2) is 0 Å². The number of piperazine rings is 1. The Kier molecular flexibility index (Phi) is 11.7. The summed E-state index contributed by atoms with van der Waals surface area (Å²) in [5, 5.41) is 0. The molecule has 2 N–H and O–H groups in total. The van der Waals surface area contributed by atoms with Gasteiger partial charge in [-0.05, 0) is 33.1 Å². The van der Waals surface area contributed by atoms with E-state index in [0.717, 1.165) is 65.0 Å². The molecule has 2 amide bonds. The molecule has 1 saturated carbocycles. The molecule has 8 heteroatoms. The summed E-state index contributed by atoms with van der Waals surface area (Å²) < 4.78 is 0. The molecule has 2 aliphatic rings. The first-order valence-electron chi connectivity index (χ1n) is 9.09. The monoisotopic (exact) mass is 396 g/mol. The van der Waals surface area contributed by atoms with Gasteiger partial charge in [-0.25, -0.2) is 0 Å². The second-order valence-electron chi connectivity index (χ2n) is 6.79. The lowest BCUT2D eigenvalue weighted by Gasteiger charge is -2.38. The highest BCUT2D eigenvalue weighted by atomic mass is 35.5. The summed E-state index contributed by atoms with van der Waals surface area (Å²) in [6, 6.07) is 0.186. The van der Waals surface area contributed by atoms with Gasteiger partial charge in [-0.3, -0.25) is 14.5 Å². The average Bonchev–Trinajstić information content (AvgIpc) is 2.56. The Morgan fingerprint density at radius 3 is 2.16 bits per heavy atom. The van der Waals surface area contributed by atoms with Crippen molar-refractivity contribution < 1.29 is 9.59 Å². The van der Waals surface area contributed by atoms with E-state index in [1.807, 2.05) is 23.6 Å². The van der Waals surface area contributed by atoms with E-state index in [0.29, 0.717) is 6.54 Å². The summed E-state index contributed by atoms with van der Waals surface area (Å²) >= 11 is 0. The molecule has 148 valence electrons. The second kappa shape index (κ2) is 11.9. The molecule has 0 aromatic carbocycles. The van der Waals surface area contributed by atoms with E-state index >= 15 is 0 Å². The predicted octanol–water partition coefficient (Wildman–Crippen LogP) is 1.36. The van der Waals surface area contributed by atoms with Gasteiger partial charge in [0, 0.05) is 51.2 Å². The Bertz CT molecular complexity index is 413. The van der Waals surface area contributed by atoms with Crippen LogP contribution >= 0.6 is 24.8 Å². The summed E-state index contributed by atoms with van der Waals surface area (Å²) in [5.74, 6) is 0.575. The molecular weight excluding hydrogens is 363 g/mol. The molecule has 1 saturated heterocycles. The Hall–Kier alpha value is -0.560. The van der Waals surface area contributed by atoms with E-state index in [1.165, 1.54) is 0 Å². The van der Waals surface area contributed by atoms with Gasteiger partial charge in [-0.1, -0.05) is 6.42 Å². The number of hydrogen-bond acceptors (Lipinski definition) is 4. The standard InChI is InChI=1S/C17H32N4O2.2ClH/c1-3-20(4-2)16(22)13-19-8-10-21(11-9-19)17(23)14-6-5-7-15(18)12-14;;/h14-15H,3-13,18H2,1-2H3;2*1H. The predicted molar refractivity (Wildman–Crippen MR) is 105 cm³/mol. The third-order valence-electron chi connectivity index (χ3n) is 5.22. The highest BCUT2D eigenvalue weighted by Crippen LogP contribution is 2.25. The van der Waals surface area contributed by atoms with Crippen LogP contribution in [0.3, 0.4) is 0 Å². The fourth-order valence-electron chi connectivity index (χ4n) is 3.70. The van der Waals surface area contributed by atoms with Gasteiger partial charge in [-0.2, -0.15) is 0 Å². The van der Waals surface area contributed by atoms with Gasteiger partial charge in [0.25, 0.3) is 0 Å². The normalized spacial score (nSPS) is 24.0. The molecule has 25 heavy (non-hydrogen) atoms. The summed E-state index contributed by atoms with van der Waals surface area (Å²) in [6.07, 6.45) is 3.92. The molecule has 1 aliphatic heterocycles. The van der Waals surface area contributed by atoms with Crippen LogP contribution in [0.15, 0.2) is 0 Å². The molecule has 0 aromatic rings. The number of hydrogen-bond donors (Lipinski definition) is 1. The molecule has 2 atom stereocenters. The molecule has 1 heterocycles. The lowest BCUT2D eigenvalue weighted by atomic mass is 9.85. The topological polar surface area (TPSA) is 69.9 Å². The highest BCUT2D eigenvalue weighted by Gasteiger charge is 2.31. The van der Waals surface area contributed by atoms with Gasteiger partial charge >= 0.3 is 0 Å². The van der Waals surface area contributed by atoms with Gasteiger partial charge in [0.1, 0.15) is 0 Å². The molecule has 1 aliphatic carbocycles. The van der Waals surface area contributed by atoms with Crippen LogP contribution < -0.4 is 5.73 Å². The maximum absolute atomic E-state index is 12.6. The molecule has 6 nitrogen and oxygen atoms in total. The molecule has 0 bridgehead atoms. The number of rotatable bonds is 5. The second-order valence-corrected chi connectivity index (χ2v) is 6.79. The van der Waals surface area contributed by atoms with Crippen molar-refractivity contribution in [3.63, 3.8) is 0 Å². The zero-order valence-electron chi connectivity index (χ0n) is 15.5. The van der Waals surface area contributed by atoms with Crippen molar-refractivity contribution >= 4 is 36.6 Å². The first kappa shape index (κ1) is 24.4. The van der Waals surface area contributed by atoms with Crippen molar-refractivity contribution in [1.29, 1.82) is 0 Å². The van der Waals surface area contributed by atoms with Crippen molar-refractivity contribution in [1.82, 2.24) is 14.7 Å². The van der Waals surface area contributed by atoms with Gasteiger partial charge in [0.2, 0.25) is 11.8 Å². The molecule has 2 unspecified atom stereocenters. The molecule has 2 fully saturated rings. The number of likely N-dealkylation sites (N-methyl/N-ethyl adjacent to an activating group) is 1. The van der Waals surface area contributed by atoms with Crippen molar-refractivity contribution in [2.24, 2.45) is 11.7 Å². The van der Waals surface area contributed by atoms with Crippen molar-refractivity contribution in [2.75, 3.05) is 45.8 Å². The van der Waals surface area contributed by atoms with E-state index in [4.69, 9.17) is 5.73 Å². The Morgan fingerprint density at radius 1 is 1.04 bits per heavy atom. The molecule has 0 aromatic heterocycles. The SMILES string of the molecule is CCN(CC)C(=O)CN1CCN(C(=O)C2CCCC(N)C2)CC1.Cl.Cl. The number of amides is 2. The smallest absolute Gasteiger partial charge is 0.236 e. The number of nitrogens with two attached hydrogens (primary N) is 1. The molecule has 2 rings (SSSR count). The first-order valence-corrected chi connectivity index (χ1v) is 9.09. The van der Waals surface area contributed by atoms with E-state index in [2.05, 4.69) is 4.90 Å². The van der Waals surface area contributed by atoms with Crippen LogP contribution in [0.1, 0.15) is 39.5 Å².